The lowest BCUT2D eigenvalue weighted by molar-refractivity contribution is 0.311. The number of aromatic amines is 1. The van der Waals surface area contributed by atoms with E-state index in [1.807, 2.05) is 33.8 Å². The number of ether oxygens (including phenoxy) is 2. The zero-order valence-electron chi connectivity index (χ0n) is 16.6. The molecule has 0 amide bonds. The van der Waals surface area contributed by atoms with Crippen molar-refractivity contribution in [2.24, 2.45) is 0 Å². The maximum atomic E-state index is 12.4. The van der Waals surface area contributed by atoms with Crippen LogP contribution in [-0.2, 0) is 12.1 Å². The summed E-state index contributed by atoms with van der Waals surface area (Å²) in [6, 6.07) is 3.62. The van der Waals surface area contributed by atoms with Gasteiger partial charge in [-0.3, -0.25) is 9.78 Å². The van der Waals surface area contributed by atoms with E-state index in [2.05, 4.69) is 20.4 Å². The molecule has 0 radical (unpaired) electrons. The first kappa shape index (κ1) is 20.0. The fourth-order valence-corrected chi connectivity index (χ4v) is 3.13. The molecule has 0 bridgehead atoms. The van der Waals surface area contributed by atoms with Gasteiger partial charge in [0.15, 0.2) is 17.1 Å². The van der Waals surface area contributed by atoms with Crippen molar-refractivity contribution in [1.29, 1.82) is 0 Å². The van der Waals surface area contributed by atoms with Crippen LogP contribution in [-0.4, -0.2) is 33.5 Å². The molecule has 0 saturated carbocycles. The van der Waals surface area contributed by atoms with Crippen molar-refractivity contribution >= 4 is 28.6 Å². The quantitative estimate of drug-likeness (QED) is 0.651. The fraction of sp³-hybridized carbons (Fsp3) is 0.421. The van der Waals surface area contributed by atoms with Gasteiger partial charge in [-0.25, -0.2) is 4.68 Å². The topological polar surface area (TPSA) is 94.1 Å². The molecule has 1 aromatic carbocycles. The van der Waals surface area contributed by atoms with Crippen LogP contribution in [0, 0.1) is 0 Å². The van der Waals surface area contributed by atoms with E-state index in [1.165, 1.54) is 6.20 Å². The fourth-order valence-electron chi connectivity index (χ4n) is 2.84. The maximum Gasteiger partial charge on any atom is 0.263 e. The molecule has 0 fully saturated rings. The summed E-state index contributed by atoms with van der Waals surface area (Å²) in [7, 11) is 1.56. The molecule has 8 nitrogen and oxygen atoms in total. The second-order valence-corrected chi connectivity index (χ2v) is 7.68. The number of nitrogens with zero attached hydrogens (tertiary/aromatic N) is 3. The maximum absolute atomic E-state index is 12.4. The molecule has 3 aromatic rings. The Morgan fingerprint density at radius 3 is 2.71 bits per heavy atom. The van der Waals surface area contributed by atoms with E-state index in [4.69, 9.17) is 21.1 Å². The Bertz CT molecular complexity index is 1050. The summed E-state index contributed by atoms with van der Waals surface area (Å²) in [6.45, 7) is 8.77. The average molecular weight is 406 g/mol. The zero-order valence-corrected chi connectivity index (χ0v) is 17.3. The smallest absolute Gasteiger partial charge is 0.263 e. The predicted octanol–water partition coefficient (Wildman–Crippen LogP) is 3.55. The molecule has 0 unspecified atom stereocenters. The molecule has 150 valence electrons. The van der Waals surface area contributed by atoms with Crippen molar-refractivity contribution in [3.05, 3.63) is 39.3 Å². The van der Waals surface area contributed by atoms with Gasteiger partial charge in [-0.15, -0.1) is 0 Å². The van der Waals surface area contributed by atoms with Crippen LogP contribution >= 0.6 is 11.6 Å². The van der Waals surface area contributed by atoms with Gasteiger partial charge in [0.05, 0.1) is 30.5 Å². The van der Waals surface area contributed by atoms with Crippen molar-refractivity contribution in [3.63, 3.8) is 0 Å². The molecule has 2 heterocycles. The molecule has 2 aromatic heterocycles. The standard InChI is InChI=1S/C19H24ClN5O3/c1-6-28-15-13(20)7-11(8-14(15)27-5)9-21-18-23-16-12(17(26)24-18)10-22-25(16)19(2,3)4/h7-8,10H,6,9H2,1-5H3,(H2,21,23,24,26). The summed E-state index contributed by atoms with van der Waals surface area (Å²) in [5.74, 6) is 1.42. The second-order valence-electron chi connectivity index (χ2n) is 7.27. The summed E-state index contributed by atoms with van der Waals surface area (Å²) < 4.78 is 12.6. The molecule has 0 saturated heterocycles. The first-order chi connectivity index (χ1) is 13.2. The summed E-state index contributed by atoms with van der Waals surface area (Å²) in [5.41, 5.74) is 0.847. The molecule has 0 atom stereocenters. The van der Waals surface area contributed by atoms with Crippen molar-refractivity contribution in [2.45, 2.75) is 39.8 Å². The molecule has 2 N–H and O–H groups in total. The Kier molecular flexibility index (Phi) is 5.51. The highest BCUT2D eigenvalue weighted by Gasteiger charge is 2.20. The SMILES string of the molecule is CCOc1c(Cl)cc(CNc2nc3c(cnn3C(C)(C)C)c(=O)[nH]2)cc1OC. The largest absolute Gasteiger partial charge is 0.493 e. The van der Waals surface area contributed by atoms with Gasteiger partial charge in [-0.1, -0.05) is 11.6 Å². The predicted molar refractivity (Wildman–Crippen MR) is 110 cm³/mol. The number of rotatable bonds is 6. The highest BCUT2D eigenvalue weighted by molar-refractivity contribution is 6.32. The molecule has 0 aliphatic heterocycles. The minimum Gasteiger partial charge on any atom is -0.493 e. The summed E-state index contributed by atoms with van der Waals surface area (Å²) in [4.78, 5) is 19.7. The highest BCUT2D eigenvalue weighted by atomic mass is 35.5. The van der Waals surface area contributed by atoms with Gasteiger partial charge in [-0.2, -0.15) is 10.1 Å². The van der Waals surface area contributed by atoms with E-state index in [0.29, 0.717) is 46.7 Å². The van der Waals surface area contributed by atoms with Gasteiger partial charge in [-0.05, 0) is 45.4 Å². The molecular weight excluding hydrogens is 382 g/mol. The molecule has 0 aliphatic rings. The Balaban J connectivity index is 1.90. The minimum atomic E-state index is -0.296. The number of methoxy groups -OCH3 is 1. The number of fused-ring (bicyclic) bond motifs is 1. The number of nitrogens with one attached hydrogen (secondary N) is 2. The number of benzene rings is 1. The van der Waals surface area contributed by atoms with Gasteiger partial charge in [0.25, 0.3) is 5.56 Å². The lowest BCUT2D eigenvalue weighted by atomic mass is 10.1. The van der Waals surface area contributed by atoms with Crippen LogP contribution in [0.2, 0.25) is 5.02 Å². The van der Waals surface area contributed by atoms with Gasteiger partial charge in [0.2, 0.25) is 5.95 Å². The van der Waals surface area contributed by atoms with Gasteiger partial charge < -0.3 is 14.8 Å². The number of H-pyrrole nitrogens is 1. The Morgan fingerprint density at radius 2 is 2.07 bits per heavy atom. The summed E-state index contributed by atoms with van der Waals surface area (Å²) >= 11 is 6.32. The minimum absolute atomic E-state index is 0.245. The van der Waals surface area contributed by atoms with Crippen molar-refractivity contribution in [3.8, 4) is 11.5 Å². The van der Waals surface area contributed by atoms with E-state index in [9.17, 15) is 4.79 Å². The third-order valence-electron chi connectivity index (χ3n) is 4.11. The van der Waals surface area contributed by atoms with Gasteiger partial charge in [0, 0.05) is 6.54 Å². The van der Waals surface area contributed by atoms with Crippen LogP contribution in [0.25, 0.3) is 11.0 Å². The van der Waals surface area contributed by atoms with Crippen LogP contribution in [0.1, 0.15) is 33.3 Å². The second kappa shape index (κ2) is 7.71. The Labute approximate surface area is 167 Å². The lowest BCUT2D eigenvalue weighted by Gasteiger charge is -2.19. The number of hydrogen-bond donors (Lipinski definition) is 2. The third-order valence-corrected chi connectivity index (χ3v) is 4.39. The van der Waals surface area contributed by atoms with Crippen LogP contribution in [0.15, 0.2) is 23.1 Å². The van der Waals surface area contributed by atoms with Crippen LogP contribution in [0.5, 0.6) is 11.5 Å². The first-order valence-corrected chi connectivity index (χ1v) is 9.34. The van der Waals surface area contributed by atoms with Gasteiger partial charge >= 0.3 is 0 Å². The Hall–Kier alpha value is -2.74. The average Bonchev–Trinajstić information content (AvgIpc) is 3.07. The van der Waals surface area contributed by atoms with Gasteiger partial charge in [0.1, 0.15) is 5.39 Å². The highest BCUT2D eigenvalue weighted by Crippen LogP contribution is 2.36. The van der Waals surface area contributed by atoms with E-state index in [0.717, 1.165) is 5.56 Å². The molecule has 9 heteroatoms. The van der Waals surface area contributed by atoms with Crippen LogP contribution < -0.4 is 20.3 Å². The van der Waals surface area contributed by atoms with E-state index >= 15 is 0 Å². The van der Waals surface area contributed by atoms with Crippen LogP contribution in [0.4, 0.5) is 5.95 Å². The zero-order chi connectivity index (χ0) is 20.5. The monoisotopic (exact) mass is 405 g/mol. The number of anilines is 1. The number of aromatic nitrogens is 4. The molecule has 28 heavy (non-hydrogen) atoms. The first-order valence-electron chi connectivity index (χ1n) is 8.96. The molecule has 0 aliphatic carbocycles. The third kappa shape index (κ3) is 3.91. The molecular formula is C19H24ClN5O3. The normalized spacial score (nSPS) is 11.6. The lowest BCUT2D eigenvalue weighted by Crippen LogP contribution is -2.24. The van der Waals surface area contributed by atoms with Crippen molar-refractivity contribution in [2.75, 3.05) is 19.0 Å². The molecule has 3 rings (SSSR count). The van der Waals surface area contributed by atoms with E-state index < -0.39 is 0 Å². The van der Waals surface area contributed by atoms with Crippen molar-refractivity contribution < 1.29 is 9.47 Å². The summed E-state index contributed by atoms with van der Waals surface area (Å²) in [6.07, 6.45) is 1.54. The number of halogens is 1. The van der Waals surface area contributed by atoms with E-state index in [-0.39, 0.29) is 11.1 Å². The number of hydrogen-bond acceptors (Lipinski definition) is 6. The molecule has 0 spiro atoms. The van der Waals surface area contributed by atoms with E-state index in [1.54, 1.807) is 17.9 Å². The van der Waals surface area contributed by atoms with Crippen molar-refractivity contribution in [1.82, 2.24) is 19.7 Å². The Morgan fingerprint density at radius 1 is 1.32 bits per heavy atom. The van der Waals surface area contributed by atoms with Crippen LogP contribution in [0.3, 0.4) is 0 Å². The summed E-state index contributed by atoms with van der Waals surface area (Å²) in [5, 5.41) is 8.35.